The normalized spacial score (nSPS) is 15.8. The zero-order chi connectivity index (χ0) is 14.1. The van der Waals surface area contributed by atoms with Gasteiger partial charge in [0, 0.05) is 32.5 Å². The minimum Gasteiger partial charge on any atom is -0.342 e. The van der Waals surface area contributed by atoms with Crippen LogP contribution in [0.3, 0.4) is 0 Å². The lowest BCUT2D eigenvalue weighted by Gasteiger charge is -2.31. The lowest BCUT2D eigenvalue weighted by atomic mass is 10.3. The summed E-state index contributed by atoms with van der Waals surface area (Å²) >= 11 is 5.93. The van der Waals surface area contributed by atoms with Crippen LogP contribution >= 0.6 is 11.6 Å². The third kappa shape index (κ3) is 2.42. The maximum absolute atomic E-state index is 11.7. The quantitative estimate of drug-likeness (QED) is 0.775. The Balaban J connectivity index is 1.92. The molecule has 2 aromatic rings. The van der Waals surface area contributed by atoms with Gasteiger partial charge in [-0.25, -0.2) is 4.68 Å². The topological polar surface area (TPSA) is 80.0 Å². The van der Waals surface area contributed by atoms with Gasteiger partial charge in [0.2, 0.25) is 17.1 Å². The van der Waals surface area contributed by atoms with Gasteiger partial charge in [0.05, 0.1) is 6.54 Å². The lowest BCUT2D eigenvalue weighted by Crippen LogP contribution is -2.49. The van der Waals surface area contributed by atoms with Crippen LogP contribution in [0.25, 0.3) is 5.95 Å². The van der Waals surface area contributed by atoms with E-state index in [4.69, 9.17) is 11.6 Å². The molecule has 1 fully saturated rings. The minimum atomic E-state index is 0.0217. The molecule has 0 atom stereocenters. The Morgan fingerprint density at radius 1 is 1.20 bits per heavy atom. The van der Waals surface area contributed by atoms with Gasteiger partial charge in [-0.2, -0.15) is 20.1 Å². The number of anilines is 1. The zero-order valence-electron chi connectivity index (χ0n) is 10.8. The number of carbonyl (C=O) groups excluding carboxylic acids is 1. The molecule has 20 heavy (non-hydrogen) atoms. The van der Waals surface area contributed by atoms with Crippen molar-refractivity contribution in [3.8, 4) is 5.95 Å². The highest BCUT2D eigenvalue weighted by Gasteiger charge is 2.24. The predicted molar refractivity (Wildman–Crippen MR) is 71.8 cm³/mol. The van der Waals surface area contributed by atoms with E-state index in [9.17, 15) is 4.79 Å². The van der Waals surface area contributed by atoms with E-state index in [-0.39, 0.29) is 17.7 Å². The van der Waals surface area contributed by atoms with E-state index < -0.39 is 0 Å². The van der Waals surface area contributed by atoms with E-state index in [1.165, 1.54) is 4.68 Å². The third-order valence-corrected chi connectivity index (χ3v) is 3.20. The molecule has 0 saturated carbocycles. The highest BCUT2D eigenvalue weighted by molar-refractivity contribution is 6.28. The molecule has 104 valence electrons. The molecule has 0 spiro atoms. The number of nitrogens with zero attached hydrogens (tertiary/aromatic N) is 7. The fraction of sp³-hybridized carbons (Fsp3) is 0.364. The first-order valence-electron chi connectivity index (χ1n) is 6.04. The maximum Gasteiger partial charge on any atom is 0.256 e. The number of piperazine rings is 1. The first-order valence-corrected chi connectivity index (χ1v) is 6.42. The molecular formula is C11H12ClN7O. The van der Waals surface area contributed by atoms with Crippen LogP contribution in [0.2, 0.25) is 5.28 Å². The van der Waals surface area contributed by atoms with E-state index in [2.05, 4.69) is 20.1 Å². The summed E-state index contributed by atoms with van der Waals surface area (Å²) in [7, 11) is 1.77. The van der Waals surface area contributed by atoms with Crippen LogP contribution in [0.1, 0.15) is 0 Å². The monoisotopic (exact) mass is 293 g/mol. The van der Waals surface area contributed by atoms with Crippen molar-refractivity contribution in [3.63, 3.8) is 0 Å². The van der Waals surface area contributed by atoms with Crippen LogP contribution in [0.5, 0.6) is 0 Å². The molecule has 9 heteroatoms. The molecule has 3 rings (SSSR count). The van der Waals surface area contributed by atoms with Crippen molar-refractivity contribution >= 4 is 23.5 Å². The summed E-state index contributed by atoms with van der Waals surface area (Å²) in [6.45, 7) is 1.51. The van der Waals surface area contributed by atoms with Gasteiger partial charge in [-0.15, -0.1) is 0 Å². The van der Waals surface area contributed by atoms with E-state index in [1.54, 1.807) is 35.3 Å². The molecule has 1 aliphatic rings. The zero-order valence-corrected chi connectivity index (χ0v) is 11.5. The van der Waals surface area contributed by atoms with Crippen molar-refractivity contribution in [2.75, 3.05) is 31.6 Å². The van der Waals surface area contributed by atoms with Gasteiger partial charge in [-0.05, 0) is 17.7 Å². The summed E-state index contributed by atoms with van der Waals surface area (Å²) in [6, 6.07) is 1.76. The standard InChI is InChI=1S/C11H12ClN7O/c1-17-5-6-18(7-8(17)20)10-14-9(12)15-11(16-10)19-4-2-3-13-19/h2-4H,5-7H2,1H3. The Morgan fingerprint density at radius 3 is 2.70 bits per heavy atom. The fourth-order valence-electron chi connectivity index (χ4n) is 1.89. The highest BCUT2D eigenvalue weighted by atomic mass is 35.5. The van der Waals surface area contributed by atoms with Crippen LogP contribution < -0.4 is 4.90 Å². The molecule has 2 aromatic heterocycles. The van der Waals surface area contributed by atoms with Gasteiger partial charge in [0.15, 0.2) is 0 Å². The average Bonchev–Trinajstić information content (AvgIpc) is 2.95. The van der Waals surface area contributed by atoms with Crippen LogP contribution in [0, 0.1) is 0 Å². The van der Waals surface area contributed by atoms with Crippen molar-refractivity contribution in [3.05, 3.63) is 23.7 Å². The van der Waals surface area contributed by atoms with Crippen LogP contribution in [-0.4, -0.2) is 62.2 Å². The van der Waals surface area contributed by atoms with Crippen molar-refractivity contribution in [2.24, 2.45) is 0 Å². The number of hydrogen-bond acceptors (Lipinski definition) is 6. The van der Waals surface area contributed by atoms with Crippen molar-refractivity contribution in [1.29, 1.82) is 0 Å². The SMILES string of the molecule is CN1CCN(c2nc(Cl)nc(-n3cccn3)n2)CC1=O. The molecular weight excluding hydrogens is 282 g/mol. The summed E-state index contributed by atoms with van der Waals surface area (Å²) in [6.07, 6.45) is 3.33. The fourth-order valence-corrected chi connectivity index (χ4v) is 2.04. The smallest absolute Gasteiger partial charge is 0.256 e. The van der Waals surface area contributed by atoms with Crippen molar-refractivity contribution in [1.82, 2.24) is 29.6 Å². The second-order valence-electron chi connectivity index (χ2n) is 4.39. The van der Waals surface area contributed by atoms with E-state index in [1.807, 2.05) is 0 Å². The number of halogens is 1. The predicted octanol–water partition coefficient (Wildman–Crippen LogP) is -0.0109. The summed E-state index contributed by atoms with van der Waals surface area (Å²) in [4.78, 5) is 27.6. The van der Waals surface area contributed by atoms with E-state index in [0.717, 1.165) is 0 Å². The molecule has 3 heterocycles. The number of hydrogen-bond donors (Lipinski definition) is 0. The lowest BCUT2D eigenvalue weighted by molar-refractivity contribution is -0.129. The Morgan fingerprint density at radius 2 is 2.00 bits per heavy atom. The molecule has 0 radical (unpaired) electrons. The number of aromatic nitrogens is 5. The van der Waals surface area contributed by atoms with Crippen molar-refractivity contribution < 1.29 is 4.79 Å². The third-order valence-electron chi connectivity index (χ3n) is 3.03. The van der Waals surface area contributed by atoms with Crippen LogP contribution in [0.4, 0.5) is 5.95 Å². The van der Waals surface area contributed by atoms with Crippen LogP contribution in [0.15, 0.2) is 18.5 Å². The summed E-state index contributed by atoms with van der Waals surface area (Å²) in [5, 5.41) is 4.13. The molecule has 0 bridgehead atoms. The number of rotatable bonds is 2. The molecule has 0 aliphatic carbocycles. The molecule has 0 unspecified atom stereocenters. The minimum absolute atomic E-state index is 0.0217. The Bertz CT molecular complexity index is 630. The van der Waals surface area contributed by atoms with E-state index >= 15 is 0 Å². The molecule has 0 aromatic carbocycles. The summed E-state index contributed by atoms with van der Waals surface area (Å²) < 4.78 is 1.49. The van der Waals surface area contributed by atoms with Gasteiger partial charge in [-0.3, -0.25) is 4.79 Å². The molecule has 1 amide bonds. The largest absolute Gasteiger partial charge is 0.342 e. The van der Waals surface area contributed by atoms with Gasteiger partial charge in [0.1, 0.15) is 0 Å². The number of amides is 1. The number of likely N-dealkylation sites (N-methyl/N-ethyl adjacent to an activating group) is 1. The van der Waals surface area contributed by atoms with Gasteiger partial charge < -0.3 is 9.80 Å². The number of carbonyl (C=O) groups is 1. The van der Waals surface area contributed by atoms with Gasteiger partial charge in [0.25, 0.3) is 5.95 Å². The Labute approximate surface area is 120 Å². The van der Waals surface area contributed by atoms with Crippen molar-refractivity contribution in [2.45, 2.75) is 0 Å². The second kappa shape index (κ2) is 5.04. The molecule has 1 aliphatic heterocycles. The highest BCUT2D eigenvalue weighted by Crippen LogP contribution is 2.15. The maximum atomic E-state index is 11.7. The summed E-state index contributed by atoms with van der Waals surface area (Å²) in [5.41, 5.74) is 0. The Kier molecular flexibility index (Phi) is 3.23. The Hall–Kier alpha value is -2.22. The van der Waals surface area contributed by atoms with Gasteiger partial charge >= 0.3 is 0 Å². The van der Waals surface area contributed by atoms with E-state index in [0.29, 0.717) is 25.0 Å². The van der Waals surface area contributed by atoms with Gasteiger partial charge in [-0.1, -0.05) is 0 Å². The molecule has 1 saturated heterocycles. The summed E-state index contributed by atoms with van der Waals surface area (Å²) in [5.74, 6) is 0.738. The molecule has 0 N–H and O–H groups in total. The van der Waals surface area contributed by atoms with Crippen LogP contribution in [-0.2, 0) is 4.79 Å². The second-order valence-corrected chi connectivity index (χ2v) is 4.73. The first-order chi connectivity index (χ1) is 9.63. The molecule has 8 nitrogen and oxygen atoms in total. The average molecular weight is 294 g/mol. The first kappa shape index (κ1) is 12.8.